The largest absolute Gasteiger partial charge is 0.384 e. The van der Waals surface area contributed by atoms with Crippen molar-refractivity contribution in [1.29, 1.82) is 0 Å². The Labute approximate surface area is 219 Å². The monoisotopic (exact) mass is 533 g/mol. The van der Waals surface area contributed by atoms with Gasteiger partial charge in [-0.2, -0.15) is 0 Å². The zero-order valence-corrected chi connectivity index (χ0v) is 21.7. The number of nitrogens with zero attached hydrogens (tertiary/aromatic N) is 1. The summed E-state index contributed by atoms with van der Waals surface area (Å²) in [6, 6.07) is 4.99. The molecule has 0 aliphatic carbocycles. The summed E-state index contributed by atoms with van der Waals surface area (Å²) >= 11 is 0. The van der Waals surface area contributed by atoms with E-state index in [0.717, 1.165) is 0 Å². The van der Waals surface area contributed by atoms with Gasteiger partial charge in [0.2, 0.25) is 5.91 Å². The second-order valence-corrected chi connectivity index (χ2v) is 9.40. The molecule has 206 valence electrons. The van der Waals surface area contributed by atoms with E-state index in [1.165, 1.54) is 44.6 Å². The van der Waals surface area contributed by atoms with Crippen molar-refractivity contribution in [3.05, 3.63) is 53.2 Å². The van der Waals surface area contributed by atoms with Crippen molar-refractivity contribution in [2.75, 3.05) is 34.0 Å². The number of benzene rings is 1. The Morgan fingerprint density at radius 3 is 2.29 bits per heavy atom. The van der Waals surface area contributed by atoms with E-state index < -0.39 is 47.0 Å². The summed E-state index contributed by atoms with van der Waals surface area (Å²) < 4.78 is 33.8. The predicted molar refractivity (Wildman–Crippen MR) is 131 cm³/mol. The summed E-state index contributed by atoms with van der Waals surface area (Å²) in [7, 11) is 2.75. The molecular weight excluding hydrogens is 501 g/mol. The molecule has 2 N–H and O–H groups in total. The average Bonchev–Trinajstić information content (AvgIpc) is 3.49. The van der Waals surface area contributed by atoms with Gasteiger partial charge in [-0.05, 0) is 38.0 Å². The highest BCUT2D eigenvalue weighted by Crippen LogP contribution is 2.29. The number of aryl methyl sites for hydroxylation is 1. The van der Waals surface area contributed by atoms with Gasteiger partial charge in [-0.1, -0.05) is 17.3 Å². The molecule has 2 amide bonds. The van der Waals surface area contributed by atoms with Crippen LogP contribution >= 0.6 is 0 Å². The van der Waals surface area contributed by atoms with Gasteiger partial charge >= 0.3 is 0 Å². The zero-order valence-electron chi connectivity index (χ0n) is 21.7. The lowest BCUT2D eigenvalue weighted by Crippen LogP contribution is -2.51. The molecule has 12 heteroatoms. The first-order chi connectivity index (χ1) is 18.1. The van der Waals surface area contributed by atoms with Gasteiger partial charge in [0.15, 0.2) is 17.3 Å². The van der Waals surface area contributed by atoms with Gasteiger partial charge in [0.1, 0.15) is 23.2 Å². The number of ketones is 2. The number of hydrogen-bond acceptors (Lipinski definition) is 9. The van der Waals surface area contributed by atoms with E-state index in [-0.39, 0.29) is 44.1 Å². The Morgan fingerprint density at radius 1 is 1.08 bits per heavy atom. The molecule has 2 aromatic rings. The summed E-state index contributed by atoms with van der Waals surface area (Å²) in [6.45, 7) is 3.23. The molecule has 1 saturated heterocycles. The molecular formula is C26H32FN3O8. The van der Waals surface area contributed by atoms with E-state index in [1.54, 1.807) is 13.8 Å². The highest BCUT2D eigenvalue weighted by Gasteiger charge is 2.50. The molecule has 3 rings (SSSR count). The Kier molecular flexibility index (Phi) is 9.84. The van der Waals surface area contributed by atoms with Crippen LogP contribution in [0.1, 0.15) is 35.2 Å². The van der Waals surface area contributed by atoms with Gasteiger partial charge in [0, 0.05) is 26.7 Å². The van der Waals surface area contributed by atoms with Gasteiger partial charge < -0.3 is 29.4 Å². The van der Waals surface area contributed by atoms with E-state index in [0.29, 0.717) is 11.3 Å². The number of carbonyl (C=O) groups is 4. The van der Waals surface area contributed by atoms with Crippen molar-refractivity contribution in [1.82, 2.24) is 15.8 Å². The second-order valence-electron chi connectivity index (χ2n) is 9.40. The number of epoxide rings is 1. The molecule has 1 aliphatic rings. The predicted octanol–water partition coefficient (Wildman–Crippen LogP) is 1.17. The van der Waals surface area contributed by atoms with E-state index in [4.69, 9.17) is 18.7 Å². The minimum absolute atomic E-state index is 0.000486. The number of carbonyl (C=O) groups excluding carboxylic acids is 4. The van der Waals surface area contributed by atoms with E-state index in [1.807, 2.05) is 0 Å². The van der Waals surface area contributed by atoms with Crippen LogP contribution < -0.4 is 10.6 Å². The molecule has 2 heterocycles. The third-order valence-corrected chi connectivity index (χ3v) is 6.16. The molecule has 11 nitrogen and oxygen atoms in total. The molecule has 1 aliphatic heterocycles. The van der Waals surface area contributed by atoms with Crippen molar-refractivity contribution in [2.45, 2.75) is 44.4 Å². The summed E-state index contributed by atoms with van der Waals surface area (Å²) in [5.41, 5.74) is -0.377. The summed E-state index contributed by atoms with van der Waals surface area (Å²) in [5, 5.41) is 8.90. The van der Waals surface area contributed by atoms with Crippen LogP contribution in [0.2, 0.25) is 0 Å². The Morgan fingerprint density at radius 2 is 1.74 bits per heavy atom. The highest BCUT2D eigenvalue weighted by atomic mass is 19.1. The maximum atomic E-state index is 13.4. The SMILES string of the molecule is COC[C@H](CC(=O)[C@H](COC)NC(=O)c1cc(C)on1)C(=O)N[C@@H](Cc1ccc(F)cc1)C(=O)[C@@]1(C)CO1. The first-order valence-electron chi connectivity index (χ1n) is 12.0. The Hall–Kier alpha value is -3.48. The molecule has 1 aromatic carbocycles. The Balaban J connectivity index is 1.71. The van der Waals surface area contributed by atoms with Gasteiger partial charge in [0.05, 0.1) is 31.8 Å². The number of nitrogens with one attached hydrogen (secondary N) is 2. The number of ether oxygens (including phenoxy) is 3. The fourth-order valence-electron chi connectivity index (χ4n) is 3.88. The molecule has 0 unspecified atom stereocenters. The molecule has 1 fully saturated rings. The fraction of sp³-hybridized carbons (Fsp3) is 0.500. The number of halogens is 1. The van der Waals surface area contributed by atoms with Gasteiger partial charge in [-0.25, -0.2) is 4.39 Å². The minimum atomic E-state index is -1.06. The van der Waals surface area contributed by atoms with Gasteiger partial charge in [-0.15, -0.1) is 0 Å². The molecule has 0 bridgehead atoms. The number of rotatable bonds is 15. The quantitative estimate of drug-likeness (QED) is 0.322. The number of Topliss-reactive ketones (excluding diaryl/α,β-unsaturated/α-hetero) is 2. The molecule has 38 heavy (non-hydrogen) atoms. The topological polar surface area (TPSA) is 149 Å². The minimum Gasteiger partial charge on any atom is -0.384 e. The highest BCUT2D eigenvalue weighted by molar-refractivity contribution is 5.99. The van der Waals surface area contributed by atoms with Crippen molar-refractivity contribution in [3.63, 3.8) is 0 Å². The lowest BCUT2D eigenvalue weighted by atomic mass is 9.93. The first kappa shape index (κ1) is 29.1. The molecule has 0 saturated carbocycles. The second kappa shape index (κ2) is 12.9. The normalized spacial score (nSPS) is 18.8. The van der Waals surface area contributed by atoms with Crippen LogP contribution in [-0.2, 0) is 35.0 Å². The number of methoxy groups -OCH3 is 2. The van der Waals surface area contributed by atoms with Crippen molar-refractivity contribution in [2.24, 2.45) is 5.92 Å². The van der Waals surface area contributed by atoms with E-state index in [2.05, 4.69) is 15.8 Å². The van der Waals surface area contributed by atoms with Gasteiger partial charge in [0.25, 0.3) is 5.91 Å². The summed E-state index contributed by atoms with van der Waals surface area (Å²) in [6.07, 6.45) is -0.187. The number of aromatic nitrogens is 1. The van der Waals surface area contributed by atoms with E-state index >= 15 is 0 Å². The molecule has 4 atom stereocenters. The van der Waals surface area contributed by atoms with Crippen molar-refractivity contribution >= 4 is 23.4 Å². The number of amides is 2. The number of hydrogen-bond donors (Lipinski definition) is 2. The summed E-state index contributed by atoms with van der Waals surface area (Å²) in [4.78, 5) is 52.0. The third-order valence-electron chi connectivity index (χ3n) is 6.16. The smallest absolute Gasteiger partial charge is 0.274 e. The van der Waals surface area contributed by atoms with Crippen LogP contribution in [-0.4, -0.2) is 80.3 Å². The van der Waals surface area contributed by atoms with E-state index in [9.17, 15) is 23.6 Å². The van der Waals surface area contributed by atoms with Crippen LogP contribution in [0, 0.1) is 18.7 Å². The average molecular weight is 534 g/mol. The van der Waals surface area contributed by atoms with Gasteiger partial charge in [-0.3, -0.25) is 19.2 Å². The Bertz CT molecular complexity index is 1150. The molecule has 0 radical (unpaired) electrons. The standard InChI is InChI=1S/C26H32FN3O8/c1-15-9-20(30-38-15)25(34)29-21(13-36-4)22(31)11-17(12-35-3)24(33)28-19(23(32)26(2)14-37-26)10-16-5-7-18(27)8-6-16/h5-9,17,19,21H,10-14H2,1-4H3,(H,28,33)(H,29,34)/t17-,19-,21-,26+/m0/s1. The van der Waals surface area contributed by atoms with Crippen molar-refractivity contribution < 1.29 is 42.3 Å². The van der Waals surface area contributed by atoms with Crippen LogP contribution in [0.4, 0.5) is 4.39 Å². The molecule has 0 spiro atoms. The first-order valence-corrected chi connectivity index (χ1v) is 12.0. The molecule has 1 aromatic heterocycles. The lowest BCUT2D eigenvalue weighted by molar-refractivity contribution is -0.135. The fourth-order valence-corrected chi connectivity index (χ4v) is 3.88. The summed E-state index contributed by atoms with van der Waals surface area (Å²) in [5.74, 6) is -2.98. The van der Waals surface area contributed by atoms with Crippen LogP contribution in [0.3, 0.4) is 0 Å². The maximum absolute atomic E-state index is 13.4. The maximum Gasteiger partial charge on any atom is 0.274 e. The van der Waals surface area contributed by atoms with Crippen LogP contribution in [0.25, 0.3) is 0 Å². The zero-order chi connectivity index (χ0) is 27.9. The van der Waals surface area contributed by atoms with Crippen molar-refractivity contribution in [3.8, 4) is 0 Å². The lowest BCUT2D eigenvalue weighted by Gasteiger charge is -2.24. The van der Waals surface area contributed by atoms with Crippen LogP contribution in [0.15, 0.2) is 34.9 Å². The van der Waals surface area contributed by atoms with Crippen LogP contribution in [0.5, 0.6) is 0 Å². The third kappa shape index (κ3) is 7.76.